The van der Waals surface area contributed by atoms with Crippen LogP contribution in [0.2, 0.25) is 0 Å². The lowest BCUT2D eigenvalue weighted by Crippen LogP contribution is -2.65. The zero-order valence-corrected chi connectivity index (χ0v) is 26.3. The first-order chi connectivity index (χ1) is 21.3. The third-order valence-corrected chi connectivity index (χ3v) is 11.4. The molecule has 0 spiro atoms. The van der Waals surface area contributed by atoms with Gasteiger partial charge in [-0.2, -0.15) is 0 Å². The lowest BCUT2D eigenvalue weighted by Gasteiger charge is -2.59. The SMILES string of the molecule is C[C@@H]1O[C@@H](O[C@H]2[C@H](O[C@H]3CC[C@]4(C)C5=C(CCC4C3(C)C)CO[C@H](C3=CCOC3=O)C5)O[C@H](CO)[C@@H](O)[C@@H]2O)[C@H](O)[C@H](O)[C@H]1O. The third-order valence-electron chi connectivity index (χ3n) is 11.4. The molecule has 0 aromatic carbocycles. The summed E-state index contributed by atoms with van der Waals surface area (Å²) in [6.45, 7) is 8.30. The number of hydrogen-bond donors (Lipinski definition) is 6. The molecule has 1 unspecified atom stereocenters. The zero-order valence-electron chi connectivity index (χ0n) is 26.3. The quantitative estimate of drug-likeness (QED) is 0.166. The predicted molar refractivity (Wildman–Crippen MR) is 154 cm³/mol. The number of carbonyl (C=O) groups excluding carboxylic acids is 1. The molecule has 254 valence electrons. The molecule has 0 bridgehead atoms. The molecule has 14 atom stereocenters. The second kappa shape index (κ2) is 12.5. The van der Waals surface area contributed by atoms with Gasteiger partial charge in [-0.05, 0) is 67.4 Å². The monoisotopic (exact) mass is 640 g/mol. The molecule has 13 heteroatoms. The van der Waals surface area contributed by atoms with Crippen LogP contribution >= 0.6 is 0 Å². The number of esters is 1. The van der Waals surface area contributed by atoms with Crippen LogP contribution in [0.5, 0.6) is 0 Å². The second-order valence-corrected chi connectivity index (χ2v) is 14.3. The van der Waals surface area contributed by atoms with Crippen LogP contribution in [0.15, 0.2) is 22.8 Å². The number of carbonyl (C=O) groups is 1. The summed E-state index contributed by atoms with van der Waals surface area (Å²) in [5.74, 6) is -0.123. The van der Waals surface area contributed by atoms with E-state index in [1.807, 2.05) is 6.08 Å². The number of ether oxygens (including phenoxy) is 6. The average Bonchev–Trinajstić information content (AvgIpc) is 3.44. The Hall–Kier alpha value is -1.49. The van der Waals surface area contributed by atoms with Gasteiger partial charge in [-0.1, -0.05) is 26.3 Å². The van der Waals surface area contributed by atoms with Crippen molar-refractivity contribution in [2.24, 2.45) is 16.7 Å². The van der Waals surface area contributed by atoms with Gasteiger partial charge < -0.3 is 59.1 Å². The first kappa shape index (κ1) is 33.4. The Balaban J connectivity index is 1.22. The summed E-state index contributed by atoms with van der Waals surface area (Å²) in [5, 5.41) is 62.7. The van der Waals surface area contributed by atoms with E-state index in [1.165, 1.54) is 18.1 Å². The van der Waals surface area contributed by atoms with Gasteiger partial charge in [-0.15, -0.1) is 0 Å². The van der Waals surface area contributed by atoms with E-state index < -0.39 is 73.4 Å². The highest BCUT2D eigenvalue weighted by molar-refractivity contribution is 5.91. The number of hydrogen-bond acceptors (Lipinski definition) is 13. The molecule has 13 nitrogen and oxygen atoms in total. The first-order valence-electron chi connectivity index (χ1n) is 16.1. The van der Waals surface area contributed by atoms with Gasteiger partial charge >= 0.3 is 5.97 Å². The van der Waals surface area contributed by atoms with E-state index in [-0.39, 0.29) is 36.1 Å². The minimum Gasteiger partial charge on any atom is -0.458 e. The molecule has 0 amide bonds. The first-order valence-corrected chi connectivity index (χ1v) is 16.1. The molecule has 4 heterocycles. The third kappa shape index (κ3) is 5.71. The Labute approximate surface area is 262 Å². The molecule has 0 radical (unpaired) electrons. The van der Waals surface area contributed by atoms with Crippen LogP contribution in [0.1, 0.15) is 59.8 Å². The number of aliphatic hydroxyl groups excluding tert-OH is 6. The predicted octanol–water partition coefficient (Wildman–Crippen LogP) is -0.172. The minimum atomic E-state index is -1.64. The van der Waals surface area contributed by atoms with Gasteiger partial charge in [0.25, 0.3) is 0 Å². The fourth-order valence-electron chi connectivity index (χ4n) is 8.76. The van der Waals surface area contributed by atoms with E-state index >= 15 is 0 Å². The van der Waals surface area contributed by atoms with E-state index in [2.05, 4.69) is 20.8 Å². The normalized spacial score (nSPS) is 48.4. The van der Waals surface area contributed by atoms with E-state index in [4.69, 9.17) is 28.4 Å². The Kier molecular flexibility index (Phi) is 9.29. The molecule has 1 saturated carbocycles. The molecule has 3 fully saturated rings. The second-order valence-electron chi connectivity index (χ2n) is 14.3. The van der Waals surface area contributed by atoms with Gasteiger partial charge in [0.15, 0.2) is 12.6 Å². The van der Waals surface area contributed by atoms with Crippen molar-refractivity contribution in [2.45, 2.75) is 133 Å². The number of cyclic esters (lactones) is 1. The summed E-state index contributed by atoms with van der Waals surface area (Å²) in [6, 6.07) is 0. The van der Waals surface area contributed by atoms with Crippen LogP contribution in [0.3, 0.4) is 0 Å². The summed E-state index contributed by atoms with van der Waals surface area (Å²) in [7, 11) is 0. The van der Waals surface area contributed by atoms with Crippen LogP contribution in [0, 0.1) is 16.7 Å². The maximum Gasteiger partial charge on any atom is 0.336 e. The summed E-state index contributed by atoms with van der Waals surface area (Å²) in [6.07, 6.45) is -8.79. The van der Waals surface area contributed by atoms with Gasteiger partial charge in [-0.25, -0.2) is 4.79 Å². The standard InChI is InChI=1S/C32H48O13/c1-14-22(34)24(36)26(38)29(42-14)45-27-25(37)23(35)19(12-33)43-30(27)44-21-7-9-32(4)17-11-18(16-8-10-40-28(16)39)41-13-15(17)5-6-20(32)31(21,2)3/h8,14,18-27,29-30,33-38H,5-7,9-13H2,1-4H3/t14-,18-,19+,20?,21-,22-,23+,24+,25-,26+,27+,29-,30-,32+/m0/s1. The molecule has 4 aliphatic heterocycles. The smallest absolute Gasteiger partial charge is 0.336 e. The highest BCUT2D eigenvalue weighted by Crippen LogP contribution is 2.62. The lowest BCUT2D eigenvalue weighted by atomic mass is 9.48. The van der Waals surface area contributed by atoms with Crippen molar-refractivity contribution < 1.29 is 63.9 Å². The van der Waals surface area contributed by atoms with Crippen LogP contribution in [0.25, 0.3) is 0 Å². The molecular weight excluding hydrogens is 592 g/mol. The Morgan fingerprint density at radius 2 is 1.69 bits per heavy atom. The fraction of sp³-hybridized carbons (Fsp3) is 0.844. The highest BCUT2D eigenvalue weighted by atomic mass is 16.8. The lowest BCUT2D eigenvalue weighted by molar-refractivity contribution is -0.375. The van der Waals surface area contributed by atoms with Gasteiger partial charge in [0, 0.05) is 0 Å². The highest BCUT2D eigenvalue weighted by Gasteiger charge is 2.58. The topological polar surface area (TPSA) is 194 Å². The molecule has 6 N–H and O–H groups in total. The van der Waals surface area contributed by atoms with Gasteiger partial charge in [0.2, 0.25) is 0 Å². The van der Waals surface area contributed by atoms with Crippen molar-refractivity contribution in [1.82, 2.24) is 0 Å². The van der Waals surface area contributed by atoms with Crippen molar-refractivity contribution in [3.8, 4) is 0 Å². The summed E-state index contributed by atoms with van der Waals surface area (Å²) in [4.78, 5) is 12.3. The summed E-state index contributed by atoms with van der Waals surface area (Å²) < 4.78 is 35.4. The zero-order chi connectivity index (χ0) is 32.4. The van der Waals surface area contributed by atoms with Crippen molar-refractivity contribution in [3.05, 3.63) is 22.8 Å². The van der Waals surface area contributed by atoms with Crippen LogP contribution in [-0.2, 0) is 33.2 Å². The molecule has 6 aliphatic rings. The largest absolute Gasteiger partial charge is 0.458 e. The summed E-state index contributed by atoms with van der Waals surface area (Å²) >= 11 is 0. The number of rotatable bonds is 6. The van der Waals surface area contributed by atoms with E-state index in [0.717, 1.165) is 19.3 Å². The molecule has 2 aliphatic carbocycles. The van der Waals surface area contributed by atoms with Crippen molar-refractivity contribution in [1.29, 1.82) is 0 Å². The maximum absolute atomic E-state index is 12.3. The fourth-order valence-corrected chi connectivity index (χ4v) is 8.76. The Morgan fingerprint density at radius 1 is 0.933 bits per heavy atom. The molecule has 0 aromatic rings. The molecule has 6 rings (SSSR count). The minimum absolute atomic E-state index is 0.165. The van der Waals surface area contributed by atoms with E-state index in [9.17, 15) is 35.4 Å². The van der Waals surface area contributed by atoms with Crippen LogP contribution in [0.4, 0.5) is 0 Å². The van der Waals surface area contributed by atoms with Gasteiger partial charge in [0.1, 0.15) is 49.3 Å². The Bertz CT molecular complexity index is 1190. The molecule has 2 saturated heterocycles. The molecule has 45 heavy (non-hydrogen) atoms. The van der Waals surface area contributed by atoms with Gasteiger partial charge in [-0.3, -0.25) is 0 Å². The van der Waals surface area contributed by atoms with Crippen LogP contribution in [-0.4, -0.2) is 130 Å². The van der Waals surface area contributed by atoms with E-state index in [0.29, 0.717) is 25.0 Å². The number of fused-ring (bicyclic) bond motifs is 2. The van der Waals surface area contributed by atoms with Crippen LogP contribution < -0.4 is 0 Å². The molecular formula is C32H48O13. The molecule has 0 aromatic heterocycles. The average molecular weight is 641 g/mol. The summed E-state index contributed by atoms with van der Waals surface area (Å²) in [5.41, 5.74) is 2.67. The van der Waals surface area contributed by atoms with E-state index in [1.54, 1.807) is 0 Å². The van der Waals surface area contributed by atoms with Crippen molar-refractivity contribution in [2.75, 3.05) is 19.8 Å². The van der Waals surface area contributed by atoms with Crippen molar-refractivity contribution >= 4 is 5.97 Å². The van der Waals surface area contributed by atoms with Gasteiger partial charge in [0.05, 0.1) is 37.1 Å². The Morgan fingerprint density at radius 3 is 2.38 bits per heavy atom. The van der Waals surface area contributed by atoms with Crippen molar-refractivity contribution in [3.63, 3.8) is 0 Å². The number of aliphatic hydroxyl groups is 6. The maximum atomic E-state index is 12.3.